The predicted molar refractivity (Wildman–Crippen MR) is 52.7 cm³/mol. The summed E-state index contributed by atoms with van der Waals surface area (Å²) in [4.78, 5) is 0. The second kappa shape index (κ2) is 3.23. The highest BCUT2D eigenvalue weighted by atomic mass is 15.3. The first kappa shape index (κ1) is 8.32. The molecule has 2 N–H and O–H groups in total. The Bertz CT molecular complexity index is 493. The molecule has 0 aliphatic heterocycles. The van der Waals surface area contributed by atoms with Gasteiger partial charge in [-0.3, -0.25) is 0 Å². The molecule has 0 saturated heterocycles. The van der Waals surface area contributed by atoms with E-state index in [-0.39, 0.29) is 0 Å². The zero-order valence-electron chi connectivity index (χ0n) is 7.38. The number of benzene rings is 1. The van der Waals surface area contributed by atoms with Crippen molar-refractivity contribution < 1.29 is 0 Å². The van der Waals surface area contributed by atoms with Crippen molar-refractivity contribution in [2.75, 3.05) is 5.73 Å². The zero-order valence-corrected chi connectivity index (χ0v) is 7.38. The predicted octanol–water partition coefficient (Wildman–Crippen LogP) is 1.33. The van der Waals surface area contributed by atoms with Gasteiger partial charge in [0.05, 0.1) is 17.4 Å². The molecule has 2 rings (SSSR count). The summed E-state index contributed by atoms with van der Waals surface area (Å²) in [6.45, 7) is 0. The van der Waals surface area contributed by atoms with Crippen LogP contribution in [0.1, 0.15) is 5.56 Å². The van der Waals surface area contributed by atoms with E-state index in [1.165, 1.54) is 0 Å². The Balaban J connectivity index is 2.64. The van der Waals surface area contributed by atoms with Crippen LogP contribution in [0, 0.1) is 11.3 Å². The van der Waals surface area contributed by atoms with E-state index in [4.69, 9.17) is 11.0 Å². The van der Waals surface area contributed by atoms with Gasteiger partial charge in [-0.1, -0.05) is 12.1 Å². The Kier molecular flexibility index (Phi) is 1.92. The Morgan fingerprint density at radius 3 is 2.71 bits per heavy atom. The molecule has 0 spiro atoms. The summed E-state index contributed by atoms with van der Waals surface area (Å²) in [6, 6.07) is 11.0. The number of rotatable bonds is 1. The molecule has 68 valence electrons. The van der Waals surface area contributed by atoms with Crippen LogP contribution in [0.15, 0.2) is 36.5 Å². The maximum Gasteiger partial charge on any atom is 0.127 e. The molecule has 14 heavy (non-hydrogen) atoms. The standard InChI is InChI=1S/C10H8N4/c11-7-8-3-1-2-4-9(8)14-10(12)5-6-13-14/h1-6H,12H2. The number of para-hydroxylation sites is 1. The quantitative estimate of drug-likeness (QED) is 0.726. The first-order valence-electron chi connectivity index (χ1n) is 4.12. The molecule has 0 bridgehead atoms. The molecular formula is C10H8N4. The molecular weight excluding hydrogens is 176 g/mol. The number of anilines is 1. The maximum absolute atomic E-state index is 8.88. The van der Waals surface area contributed by atoms with Crippen LogP contribution in [-0.4, -0.2) is 9.78 Å². The van der Waals surface area contributed by atoms with Gasteiger partial charge in [0, 0.05) is 6.07 Å². The first-order chi connectivity index (χ1) is 6.83. The number of aromatic nitrogens is 2. The molecule has 0 radical (unpaired) electrons. The van der Waals surface area contributed by atoms with Gasteiger partial charge in [0.15, 0.2) is 0 Å². The van der Waals surface area contributed by atoms with Crippen LogP contribution >= 0.6 is 0 Å². The molecule has 2 aromatic rings. The molecule has 0 aliphatic carbocycles. The average molecular weight is 184 g/mol. The van der Waals surface area contributed by atoms with Gasteiger partial charge in [0.1, 0.15) is 11.9 Å². The zero-order chi connectivity index (χ0) is 9.97. The number of nitrogens with two attached hydrogens (primary N) is 1. The van der Waals surface area contributed by atoms with E-state index in [1.54, 1.807) is 23.0 Å². The Labute approximate surface area is 81.2 Å². The smallest absolute Gasteiger partial charge is 0.127 e. The molecule has 0 fully saturated rings. The molecule has 1 heterocycles. The molecule has 0 atom stereocenters. The van der Waals surface area contributed by atoms with E-state index in [2.05, 4.69) is 11.2 Å². The van der Waals surface area contributed by atoms with Crippen LogP contribution in [-0.2, 0) is 0 Å². The van der Waals surface area contributed by atoms with Gasteiger partial charge in [0.25, 0.3) is 0 Å². The number of nitrogens with zero attached hydrogens (tertiary/aromatic N) is 3. The number of nitriles is 1. The van der Waals surface area contributed by atoms with Gasteiger partial charge in [-0.05, 0) is 12.1 Å². The minimum atomic E-state index is 0.521. The van der Waals surface area contributed by atoms with E-state index in [0.29, 0.717) is 17.1 Å². The SMILES string of the molecule is N#Cc1ccccc1-n1nccc1N. The van der Waals surface area contributed by atoms with Crippen LogP contribution in [0.25, 0.3) is 5.69 Å². The van der Waals surface area contributed by atoms with Crippen LogP contribution in [0.3, 0.4) is 0 Å². The second-order valence-electron chi connectivity index (χ2n) is 2.80. The summed E-state index contributed by atoms with van der Waals surface area (Å²) in [5, 5.41) is 12.9. The largest absolute Gasteiger partial charge is 0.384 e. The van der Waals surface area contributed by atoms with Gasteiger partial charge < -0.3 is 5.73 Å². The molecule has 1 aromatic carbocycles. The fourth-order valence-corrected chi connectivity index (χ4v) is 1.27. The van der Waals surface area contributed by atoms with Crippen molar-refractivity contribution in [3.8, 4) is 11.8 Å². The van der Waals surface area contributed by atoms with Crippen LogP contribution in [0.5, 0.6) is 0 Å². The Morgan fingerprint density at radius 2 is 2.07 bits per heavy atom. The van der Waals surface area contributed by atoms with Crippen molar-refractivity contribution in [3.05, 3.63) is 42.1 Å². The van der Waals surface area contributed by atoms with Gasteiger partial charge >= 0.3 is 0 Å². The summed E-state index contributed by atoms with van der Waals surface area (Å²) in [7, 11) is 0. The molecule has 0 amide bonds. The minimum absolute atomic E-state index is 0.521. The molecule has 0 saturated carbocycles. The lowest BCUT2D eigenvalue weighted by molar-refractivity contribution is 0.888. The van der Waals surface area contributed by atoms with Crippen LogP contribution < -0.4 is 5.73 Å². The third-order valence-corrected chi connectivity index (χ3v) is 1.92. The van der Waals surface area contributed by atoms with Crippen molar-refractivity contribution in [1.29, 1.82) is 5.26 Å². The van der Waals surface area contributed by atoms with E-state index in [9.17, 15) is 0 Å². The van der Waals surface area contributed by atoms with Crippen LogP contribution in [0.2, 0.25) is 0 Å². The lowest BCUT2D eigenvalue weighted by Crippen LogP contribution is -2.03. The first-order valence-corrected chi connectivity index (χ1v) is 4.12. The topological polar surface area (TPSA) is 67.6 Å². The van der Waals surface area contributed by atoms with E-state index < -0.39 is 0 Å². The van der Waals surface area contributed by atoms with Gasteiger partial charge in [-0.2, -0.15) is 10.4 Å². The van der Waals surface area contributed by atoms with Gasteiger partial charge in [-0.25, -0.2) is 4.68 Å². The van der Waals surface area contributed by atoms with E-state index >= 15 is 0 Å². The Morgan fingerprint density at radius 1 is 1.29 bits per heavy atom. The monoisotopic (exact) mass is 184 g/mol. The highest BCUT2D eigenvalue weighted by Gasteiger charge is 2.05. The third kappa shape index (κ3) is 1.21. The van der Waals surface area contributed by atoms with Crippen LogP contribution in [0.4, 0.5) is 5.82 Å². The second-order valence-corrected chi connectivity index (χ2v) is 2.80. The lowest BCUT2D eigenvalue weighted by atomic mass is 10.2. The summed E-state index contributed by atoms with van der Waals surface area (Å²) in [5.74, 6) is 0.521. The van der Waals surface area contributed by atoms with Crippen molar-refractivity contribution in [2.24, 2.45) is 0 Å². The molecule has 4 heteroatoms. The van der Waals surface area contributed by atoms with Crippen molar-refractivity contribution in [1.82, 2.24) is 9.78 Å². The molecule has 0 unspecified atom stereocenters. The average Bonchev–Trinajstić information content (AvgIpc) is 2.64. The lowest BCUT2D eigenvalue weighted by Gasteiger charge is -2.04. The number of hydrogen-bond donors (Lipinski definition) is 1. The normalized spacial score (nSPS) is 9.64. The summed E-state index contributed by atoms with van der Waals surface area (Å²) >= 11 is 0. The maximum atomic E-state index is 8.88. The highest BCUT2D eigenvalue weighted by molar-refractivity contribution is 5.51. The minimum Gasteiger partial charge on any atom is -0.384 e. The molecule has 4 nitrogen and oxygen atoms in total. The van der Waals surface area contributed by atoms with E-state index in [1.807, 2.05) is 18.2 Å². The summed E-state index contributed by atoms with van der Waals surface area (Å²) < 4.78 is 1.54. The fourth-order valence-electron chi connectivity index (χ4n) is 1.27. The molecule has 0 aliphatic rings. The summed E-state index contributed by atoms with van der Waals surface area (Å²) in [6.07, 6.45) is 1.60. The number of hydrogen-bond acceptors (Lipinski definition) is 3. The highest BCUT2D eigenvalue weighted by Crippen LogP contribution is 2.15. The Hall–Kier alpha value is -2.28. The number of nitrogen functional groups attached to an aromatic ring is 1. The van der Waals surface area contributed by atoms with Crippen molar-refractivity contribution in [3.63, 3.8) is 0 Å². The van der Waals surface area contributed by atoms with Gasteiger partial charge in [0.2, 0.25) is 0 Å². The summed E-state index contributed by atoms with van der Waals surface area (Å²) in [5.41, 5.74) is 6.95. The fraction of sp³-hybridized carbons (Fsp3) is 0. The third-order valence-electron chi connectivity index (χ3n) is 1.92. The molecule has 1 aromatic heterocycles. The van der Waals surface area contributed by atoms with E-state index in [0.717, 1.165) is 0 Å². The van der Waals surface area contributed by atoms with Crippen molar-refractivity contribution in [2.45, 2.75) is 0 Å². The van der Waals surface area contributed by atoms with Gasteiger partial charge in [-0.15, -0.1) is 0 Å². The van der Waals surface area contributed by atoms with Crippen molar-refractivity contribution >= 4 is 5.82 Å².